The van der Waals surface area contributed by atoms with E-state index in [0.29, 0.717) is 0 Å². The zero-order valence-corrected chi connectivity index (χ0v) is 9.59. The number of halogens is 6. The number of hydrogen-bond acceptors (Lipinski definition) is 3. The van der Waals surface area contributed by atoms with E-state index in [9.17, 15) is 31.1 Å². The van der Waals surface area contributed by atoms with Crippen molar-refractivity contribution in [3.63, 3.8) is 0 Å². The highest BCUT2D eigenvalue weighted by atomic mass is 19.4. The molecule has 0 saturated heterocycles. The molecule has 11 heteroatoms. The molecular weight excluding hydrogens is 284 g/mol. The number of hydrogen-bond donors (Lipinski definition) is 2. The highest BCUT2D eigenvalue weighted by Crippen LogP contribution is 2.40. The summed E-state index contributed by atoms with van der Waals surface area (Å²) in [5, 5.41) is 10.6. The Morgan fingerprint density at radius 2 is 1.68 bits per heavy atom. The van der Waals surface area contributed by atoms with Gasteiger partial charge in [0.15, 0.2) is 0 Å². The monoisotopic (exact) mass is 295 g/mol. The van der Waals surface area contributed by atoms with Crippen molar-refractivity contribution in [3.05, 3.63) is 0 Å². The van der Waals surface area contributed by atoms with Gasteiger partial charge in [0.2, 0.25) is 11.8 Å². The Morgan fingerprint density at radius 1 is 1.26 bits per heavy atom. The van der Waals surface area contributed by atoms with Crippen LogP contribution in [0.2, 0.25) is 0 Å². The van der Waals surface area contributed by atoms with E-state index in [1.165, 1.54) is 0 Å². The van der Waals surface area contributed by atoms with Crippen molar-refractivity contribution in [1.29, 1.82) is 0 Å². The first-order chi connectivity index (χ1) is 8.41. The Morgan fingerprint density at radius 3 is 2.00 bits per heavy atom. The first-order valence-electron chi connectivity index (χ1n) is 4.76. The maximum atomic E-state index is 12.2. The second-order valence-corrected chi connectivity index (χ2v) is 3.62. The minimum Gasteiger partial charge on any atom is -0.409 e. The zero-order chi connectivity index (χ0) is 15.4. The molecule has 0 bridgehead atoms. The van der Waals surface area contributed by atoms with Gasteiger partial charge in [-0.15, -0.1) is 0 Å². The van der Waals surface area contributed by atoms with Crippen molar-refractivity contribution < 1.29 is 36.3 Å². The molecular formula is C8H11F6N3O2. The smallest absolute Gasteiger partial charge is 0.409 e. The Labute approximate surface area is 103 Å². The van der Waals surface area contributed by atoms with Gasteiger partial charge in [-0.2, -0.15) is 26.3 Å². The average molecular weight is 295 g/mol. The number of alkyl halides is 6. The fraction of sp³-hybridized carbons (Fsp3) is 0.750. The van der Waals surface area contributed by atoms with Crippen LogP contribution in [-0.2, 0) is 4.79 Å². The van der Waals surface area contributed by atoms with Crippen LogP contribution in [0.4, 0.5) is 26.3 Å². The van der Waals surface area contributed by atoms with E-state index in [-0.39, 0.29) is 11.3 Å². The number of nitrogens with two attached hydrogens (primary N) is 1. The minimum absolute atomic E-state index is 0.226. The maximum absolute atomic E-state index is 12.2. The molecule has 0 aliphatic carbocycles. The number of amides is 1. The Hall–Kier alpha value is -1.68. The molecule has 0 aromatic heterocycles. The van der Waals surface area contributed by atoms with Crippen LogP contribution < -0.4 is 5.73 Å². The topological polar surface area (TPSA) is 78.9 Å². The molecule has 0 unspecified atom stereocenters. The van der Waals surface area contributed by atoms with E-state index < -0.39 is 36.6 Å². The van der Waals surface area contributed by atoms with Gasteiger partial charge in [-0.3, -0.25) is 4.79 Å². The molecule has 0 aromatic carbocycles. The minimum atomic E-state index is -5.74. The Balaban J connectivity index is 4.93. The molecule has 0 atom stereocenters. The number of carbonyl (C=O) groups is 1. The van der Waals surface area contributed by atoms with Crippen LogP contribution in [0.3, 0.4) is 0 Å². The van der Waals surface area contributed by atoms with Crippen LogP contribution in [0.25, 0.3) is 0 Å². The maximum Gasteiger partial charge on any atom is 0.409 e. The van der Waals surface area contributed by atoms with Crippen molar-refractivity contribution in [3.8, 4) is 0 Å². The van der Waals surface area contributed by atoms with Gasteiger partial charge in [-0.25, -0.2) is 0 Å². The van der Waals surface area contributed by atoms with E-state index in [4.69, 9.17) is 10.9 Å². The molecule has 5 nitrogen and oxygen atoms in total. The van der Waals surface area contributed by atoms with E-state index in [2.05, 4.69) is 5.16 Å². The lowest BCUT2D eigenvalue weighted by molar-refractivity contribution is -0.277. The van der Waals surface area contributed by atoms with Crippen LogP contribution >= 0.6 is 0 Å². The van der Waals surface area contributed by atoms with Crippen molar-refractivity contribution >= 4 is 11.7 Å². The molecule has 0 saturated carbocycles. The van der Waals surface area contributed by atoms with Crippen LogP contribution in [-0.4, -0.2) is 47.8 Å². The second-order valence-electron chi connectivity index (χ2n) is 3.62. The number of nitrogens with zero attached hydrogens (tertiary/aromatic N) is 2. The highest BCUT2D eigenvalue weighted by molar-refractivity contribution is 5.82. The molecule has 0 aromatic rings. The third-order valence-corrected chi connectivity index (χ3v) is 2.11. The quantitative estimate of drug-likeness (QED) is 0.270. The third-order valence-electron chi connectivity index (χ3n) is 2.11. The SMILES string of the molecule is CN(CCC(N)=NO)C(=O)C(C(F)(F)F)C(F)(F)F. The van der Waals surface area contributed by atoms with E-state index in [0.717, 1.165) is 7.05 Å². The van der Waals surface area contributed by atoms with Gasteiger partial charge in [-0.1, -0.05) is 5.16 Å². The summed E-state index contributed by atoms with van der Waals surface area (Å²) in [5.41, 5.74) is 4.99. The molecule has 0 aliphatic heterocycles. The van der Waals surface area contributed by atoms with Gasteiger partial charge in [-0.05, 0) is 0 Å². The van der Waals surface area contributed by atoms with Crippen LogP contribution in [0, 0.1) is 5.92 Å². The van der Waals surface area contributed by atoms with E-state index in [1.807, 2.05) is 0 Å². The lowest BCUT2D eigenvalue weighted by Crippen LogP contribution is -2.48. The largest absolute Gasteiger partial charge is 0.409 e. The Kier molecular flexibility index (Phi) is 5.45. The van der Waals surface area contributed by atoms with Crippen molar-refractivity contribution in [1.82, 2.24) is 4.90 Å². The Bertz CT molecular complexity index is 337. The first kappa shape index (κ1) is 17.3. The highest BCUT2D eigenvalue weighted by Gasteiger charge is 2.61. The molecule has 0 aliphatic rings. The lowest BCUT2D eigenvalue weighted by atomic mass is 10.1. The van der Waals surface area contributed by atoms with E-state index in [1.54, 1.807) is 0 Å². The van der Waals surface area contributed by atoms with Gasteiger partial charge in [0.25, 0.3) is 0 Å². The van der Waals surface area contributed by atoms with Gasteiger partial charge < -0.3 is 15.8 Å². The van der Waals surface area contributed by atoms with E-state index >= 15 is 0 Å². The summed E-state index contributed by atoms with van der Waals surface area (Å²) in [7, 11) is 0.761. The van der Waals surface area contributed by atoms with Gasteiger partial charge in [0, 0.05) is 20.0 Å². The van der Waals surface area contributed by atoms with Gasteiger partial charge in [0.05, 0.1) is 0 Å². The summed E-state index contributed by atoms with van der Waals surface area (Å²) >= 11 is 0. The summed E-state index contributed by atoms with van der Waals surface area (Å²) < 4.78 is 73.4. The molecule has 0 fully saturated rings. The molecule has 0 spiro atoms. The zero-order valence-electron chi connectivity index (χ0n) is 9.59. The average Bonchev–Trinajstić information content (AvgIpc) is 2.20. The summed E-state index contributed by atoms with van der Waals surface area (Å²) in [6.07, 6.45) is -11.8. The molecule has 112 valence electrons. The predicted octanol–water partition coefficient (Wildman–Crippen LogP) is 1.32. The van der Waals surface area contributed by atoms with Crippen molar-refractivity contribution in [2.45, 2.75) is 18.8 Å². The number of carbonyl (C=O) groups excluding carboxylic acids is 1. The molecule has 0 rings (SSSR count). The number of amidine groups is 1. The molecule has 0 radical (unpaired) electrons. The summed E-state index contributed by atoms with van der Waals surface area (Å²) in [4.78, 5) is 11.4. The van der Waals surface area contributed by atoms with Crippen molar-refractivity contribution in [2.75, 3.05) is 13.6 Å². The molecule has 19 heavy (non-hydrogen) atoms. The number of rotatable bonds is 4. The first-order valence-corrected chi connectivity index (χ1v) is 4.76. The third kappa shape index (κ3) is 5.22. The molecule has 0 heterocycles. The standard InChI is InChI=1S/C8H11F6N3O2/c1-17(3-2-4(15)16-19)6(18)5(7(9,10)11)8(12,13)14/h5,19H,2-3H2,1H3,(H2,15,16). The second kappa shape index (κ2) is 5.97. The molecule has 3 N–H and O–H groups in total. The van der Waals surface area contributed by atoms with Crippen LogP contribution in [0.5, 0.6) is 0 Å². The fourth-order valence-electron chi connectivity index (χ4n) is 1.13. The summed E-state index contributed by atoms with van der Waals surface area (Å²) in [6.45, 7) is -0.544. The molecule has 1 amide bonds. The predicted molar refractivity (Wildman–Crippen MR) is 51.3 cm³/mol. The fourth-order valence-corrected chi connectivity index (χ4v) is 1.13. The van der Waals surface area contributed by atoms with Crippen molar-refractivity contribution in [2.24, 2.45) is 16.8 Å². The van der Waals surface area contributed by atoms with Crippen LogP contribution in [0.1, 0.15) is 6.42 Å². The van der Waals surface area contributed by atoms with Crippen LogP contribution in [0.15, 0.2) is 5.16 Å². The number of oxime groups is 1. The summed E-state index contributed by atoms with van der Waals surface area (Å²) in [5.74, 6) is -6.65. The van der Waals surface area contributed by atoms with Gasteiger partial charge in [0.1, 0.15) is 5.84 Å². The van der Waals surface area contributed by atoms with Gasteiger partial charge >= 0.3 is 12.4 Å². The summed E-state index contributed by atoms with van der Waals surface area (Å²) in [6, 6.07) is 0. The normalized spacial score (nSPS) is 13.8. The lowest BCUT2D eigenvalue weighted by Gasteiger charge is -2.26.